The maximum atomic E-state index is 12.3. The Labute approximate surface area is 171 Å². The number of likely N-dealkylation sites (tertiary alicyclic amines) is 1. The van der Waals surface area contributed by atoms with Crippen LogP contribution in [0, 0.1) is 35.0 Å². The summed E-state index contributed by atoms with van der Waals surface area (Å²) in [7, 11) is 0. The van der Waals surface area contributed by atoms with Gasteiger partial charge in [0.2, 0.25) is 5.91 Å². The molecule has 5 aliphatic rings. The Morgan fingerprint density at radius 3 is 2.41 bits per heavy atom. The van der Waals surface area contributed by atoms with Gasteiger partial charge in [-0.15, -0.1) is 0 Å². The van der Waals surface area contributed by atoms with Crippen molar-refractivity contribution < 1.29 is 24.2 Å². The second kappa shape index (κ2) is 7.36. The molecule has 0 aromatic rings. The fraction of sp³-hybridized carbons (Fsp3) is 0.857. The second-order valence-electron chi connectivity index (χ2n) is 10.2. The maximum Gasteiger partial charge on any atom is 0.407 e. The summed E-state index contributed by atoms with van der Waals surface area (Å²) in [6.07, 6.45) is 3.65. The van der Waals surface area contributed by atoms with E-state index in [2.05, 4.69) is 5.32 Å². The monoisotopic (exact) mass is 407 g/mol. The van der Waals surface area contributed by atoms with E-state index in [1.54, 1.807) is 0 Å². The van der Waals surface area contributed by atoms with Crippen molar-refractivity contribution in [1.29, 1.82) is 0 Å². The van der Waals surface area contributed by atoms with Gasteiger partial charge in [0.25, 0.3) is 0 Å². The maximum absolute atomic E-state index is 12.3. The fourth-order valence-electron chi connectivity index (χ4n) is 7.03. The number of hydrogen-bond acceptors (Lipinski definition) is 4. The number of ether oxygens (including phenoxy) is 1. The Kier molecular flexibility index (Phi) is 5.15. The highest BCUT2D eigenvalue weighted by atomic mass is 16.5. The molecule has 4 bridgehead atoms. The number of nitrogens with zero attached hydrogens (tertiary/aromatic N) is 1. The zero-order valence-electron chi connectivity index (χ0n) is 17.3. The highest BCUT2D eigenvalue weighted by molar-refractivity contribution is 5.81. The third kappa shape index (κ3) is 3.55. The van der Waals surface area contributed by atoms with Crippen LogP contribution in [-0.2, 0) is 9.53 Å². The molecule has 3 unspecified atom stereocenters. The van der Waals surface area contributed by atoms with Gasteiger partial charge in [0.1, 0.15) is 0 Å². The van der Waals surface area contributed by atoms with Crippen LogP contribution in [0.15, 0.2) is 0 Å². The fourth-order valence-corrected chi connectivity index (χ4v) is 7.03. The summed E-state index contributed by atoms with van der Waals surface area (Å²) in [5.41, 5.74) is 5.40. The Balaban J connectivity index is 1.54. The number of amides is 3. The minimum absolute atomic E-state index is 0.160. The quantitative estimate of drug-likeness (QED) is 0.646. The van der Waals surface area contributed by atoms with Crippen molar-refractivity contribution in [3.05, 3.63) is 0 Å². The molecule has 4 aliphatic carbocycles. The van der Waals surface area contributed by atoms with Crippen molar-refractivity contribution in [1.82, 2.24) is 10.2 Å². The van der Waals surface area contributed by atoms with E-state index in [4.69, 9.17) is 10.5 Å². The summed E-state index contributed by atoms with van der Waals surface area (Å²) in [6, 6.07) is -0.517. The molecule has 1 heterocycles. The summed E-state index contributed by atoms with van der Waals surface area (Å²) < 4.78 is 5.29. The molecule has 29 heavy (non-hydrogen) atoms. The number of nitrogens with two attached hydrogens (primary N) is 1. The molecule has 4 atom stereocenters. The lowest BCUT2D eigenvalue weighted by Gasteiger charge is -2.61. The van der Waals surface area contributed by atoms with Crippen LogP contribution >= 0.6 is 0 Å². The van der Waals surface area contributed by atoms with Crippen molar-refractivity contribution in [3.8, 4) is 0 Å². The smallest absolute Gasteiger partial charge is 0.407 e. The largest absolute Gasteiger partial charge is 0.465 e. The van der Waals surface area contributed by atoms with E-state index in [0.29, 0.717) is 25.5 Å². The van der Waals surface area contributed by atoms with Crippen LogP contribution in [0.5, 0.6) is 0 Å². The first-order chi connectivity index (χ1) is 13.7. The highest BCUT2D eigenvalue weighted by Crippen LogP contribution is 2.63. The molecule has 0 spiro atoms. The Morgan fingerprint density at radius 2 is 1.86 bits per heavy atom. The van der Waals surface area contributed by atoms with Crippen LogP contribution in [0.4, 0.5) is 9.59 Å². The van der Waals surface area contributed by atoms with E-state index in [0.717, 1.165) is 32.1 Å². The molecule has 0 aromatic carbocycles. The predicted molar refractivity (Wildman–Crippen MR) is 105 cm³/mol. The number of carbonyl (C=O) groups excluding carboxylic acids is 2. The number of carbonyl (C=O) groups is 3. The third-order valence-corrected chi connectivity index (χ3v) is 7.81. The summed E-state index contributed by atoms with van der Waals surface area (Å²) in [5, 5.41) is 12.8. The minimum atomic E-state index is -0.937. The molecule has 4 N–H and O–H groups in total. The minimum Gasteiger partial charge on any atom is -0.465 e. The van der Waals surface area contributed by atoms with E-state index in [1.807, 2.05) is 13.8 Å². The third-order valence-electron chi connectivity index (χ3n) is 7.81. The number of nitrogens with one attached hydrogen (secondary N) is 1. The first kappa shape index (κ1) is 20.3. The van der Waals surface area contributed by atoms with E-state index in [-0.39, 0.29) is 41.7 Å². The summed E-state index contributed by atoms with van der Waals surface area (Å²) in [5.74, 6) is 1.30. The molecule has 3 amide bonds. The number of hydrogen-bond donors (Lipinski definition) is 3. The molecule has 0 aromatic heterocycles. The lowest BCUT2D eigenvalue weighted by molar-refractivity contribution is -0.154. The zero-order valence-corrected chi connectivity index (χ0v) is 17.3. The van der Waals surface area contributed by atoms with Crippen LogP contribution in [0.25, 0.3) is 0 Å². The first-order valence-electron chi connectivity index (χ1n) is 10.9. The molecular weight excluding hydrogens is 374 g/mol. The van der Waals surface area contributed by atoms with Crippen LogP contribution in [0.2, 0.25) is 0 Å². The topological polar surface area (TPSA) is 122 Å². The SMILES string of the molecule is CC(C)COC(=O)N[C@@H]1CCN(C(=O)O)C1C1C2CC3CC1CC(C(N)=O)(C3)C2. The van der Waals surface area contributed by atoms with Crippen molar-refractivity contribution in [2.24, 2.45) is 40.7 Å². The predicted octanol–water partition coefficient (Wildman–Crippen LogP) is 2.42. The van der Waals surface area contributed by atoms with E-state index in [9.17, 15) is 19.5 Å². The molecule has 4 saturated carbocycles. The van der Waals surface area contributed by atoms with Crippen molar-refractivity contribution in [2.75, 3.05) is 13.2 Å². The van der Waals surface area contributed by atoms with E-state index in [1.165, 1.54) is 4.90 Å². The van der Waals surface area contributed by atoms with Gasteiger partial charge < -0.3 is 25.8 Å². The van der Waals surface area contributed by atoms with Crippen molar-refractivity contribution >= 4 is 18.1 Å². The van der Waals surface area contributed by atoms with Gasteiger partial charge >= 0.3 is 12.2 Å². The molecule has 8 heteroatoms. The number of rotatable bonds is 5. The number of carboxylic acid groups (broad SMARTS) is 1. The molecule has 1 aliphatic heterocycles. The molecule has 5 rings (SSSR count). The van der Waals surface area contributed by atoms with Gasteiger partial charge in [-0.3, -0.25) is 4.79 Å². The molecule has 5 fully saturated rings. The van der Waals surface area contributed by atoms with Gasteiger partial charge in [-0.05, 0) is 68.1 Å². The van der Waals surface area contributed by atoms with Crippen molar-refractivity contribution in [2.45, 2.75) is 64.5 Å². The first-order valence-corrected chi connectivity index (χ1v) is 10.9. The summed E-state index contributed by atoms with van der Waals surface area (Å²) in [6.45, 7) is 4.70. The van der Waals surface area contributed by atoms with Crippen LogP contribution in [0.1, 0.15) is 52.4 Å². The van der Waals surface area contributed by atoms with Gasteiger partial charge in [-0.25, -0.2) is 9.59 Å². The van der Waals surface area contributed by atoms with Crippen molar-refractivity contribution in [3.63, 3.8) is 0 Å². The summed E-state index contributed by atoms with van der Waals surface area (Å²) >= 11 is 0. The van der Waals surface area contributed by atoms with Gasteiger partial charge in [0.05, 0.1) is 18.7 Å². The van der Waals surface area contributed by atoms with Gasteiger partial charge in [-0.2, -0.15) is 0 Å². The normalized spacial score (nSPS) is 40.3. The lowest BCUT2D eigenvalue weighted by atomic mass is 9.44. The molecule has 1 saturated heterocycles. The summed E-state index contributed by atoms with van der Waals surface area (Å²) in [4.78, 5) is 38.0. The second-order valence-corrected chi connectivity index (χ2v) is 10.2. The van der Waals surface area contributed by atoms with E-state index < -0.39 is 17.6 Å². The Morgan fingerprint density at radius 1 is 1.21 bits per heavy atom. The highest BCUT2D eigenvalue weighted by Gasteiger charge is 2.61. The Hall–Kier alpha value is -1.99. The van der Waals surface area contributed by atoms with Gasteiger partial charge in [0, 0.05) is 12.0 Å². The Bertz CT molecular complexity index is 680. The van der Waals surface area contributed by atoms with Crippen LogP contribution in [-0.4, -0.2) is 53.3 Å². The average Bonchev–Trinajstić information content (AvgIpc) is 3.02. The molecule has 162 valence electrons. The van der Waals surface area contributed by atoms with Gasteiger partial charge in [-0.1, -0.05) is 13.8 Å². The van der Waals surface area contributed by atoms with Crippen LogP contribution in [0.3, 0.4) is 0 Å². The molecule has 8 nitrogen and oxygen atoms in total. The standard InChI is InChI=1S/C21H33N3O5/c1-11(2)10-29-19(26)23-15-3-4-24(20(27)28)17(15)16-13-5-12-6-14(16)9-21(7-12,8-13)18(22)25/h11-17H,3-10H2,1-2H3,(H2,22,25)(H,23,26)(H,27,28)/t12?,13?,14?,15-,16?,17?,21?/m1/s1. The number of alkyl carbamates (subject to hydrolysis) is 1. The molecule has 0 radical (unpaired) electrons. The average molecular weight is 408 g/mol. The zero-order chi connectivity index (χ0) is 20.9. The van der Waals surface area contributed by atoms with E-state index >= 15 is 0 Å². The van der Waals surface area contributed by atoms with Gasteiger partial charge in [0.15, 0.2) is 0 Å². The lowest BCUT2D eigenvalue weighted by Crippen LogP contribution is -2.62. The number of primary amides is 1. The van der Waals surface area contributed by atoms with Crippen LogP contribution < -0.4 is 11.1 Å². The molecular formula is C21H33N3O5.